The molecule has 3 N–H and O–H groups in total. The molecule has 0 aliphatic rings. The average molecular weight is 250 g/mol. The molecule has 0 atom stereocenters. The number of nitrogens with zero attached hydrogens (tertiary/aromatic N) is 3. The smallest absolute Gasteiger partial charge is 0.145 e. The van der Waals surface area contributed by atoms with E-state index < -0.39 is 0 Å². The molecule has 0 aliphatic heterocycles. The second-order valence-electron chi connectivity index (χ2n) is 3.60. The number of aromatic nitrogens is 3. The molecule has 0 aromatic carbocycles. The topological polar surface area (TPSA) is 76.7 Å². The highest BCUT2D eigenvalue weighted by atomic mass is 35.5. The van der Waals surface area contributed by atoms with Crippen LogP contribution in [0.5, 0.6) is 0 Å². The maximum Gasteiger partial charge on any atom is 0.145 e. The first-order valence-electron chi connectivity index (χ1n) is 5.07. The van der Waals surface area contributed by atoms with Crippen molar-refractivity contribution in [3.05, 3.63) is 41.1 Å². The third-order valence-corrected chi connectivity index (χ3v) is 2.42. The summed E-state index contributed by atoms with van der Waals surface area (Å²) in [5, 5.41) is 3.57. The van der Waals surface area contributed by atoms with E-state index >= 15 is 0 Å². The Hall–Kier alpha value is -1.88. The molecule has 88 valence electrons. The molecule has 2 aromatic rings. The number of aryl methyl sites for hydroxylation is 1. The Labute approximate surface area is 104 Å². The van der Waals surface area contributed by atoms with E-state index in [0.717, 1.165) is 11.4 Å². The Kier molecular flexibility index (Phi) is 3.39. The van der Waals surface area contributed by atoms with Crippen molar-refractivity contribution in [1.82, 2.24) is 15.0 Å². The van der Waals surface area contributed by atoms with Gasteiger partial charge in [-0.25, -0.2) is 4.98 Å². The van der Waals surface area contributed by atoms with Crippen LogP contribution in [0.25, 0.3) is 0 Å². The van der Waals surface area contributed by atoms with Crippen LogP contribution in [-0.4, -0.2) is 15.0 Å². The molecule has 2 aromatic heterocycles. The number of nitrogen functional groups attached to an aromatic ring is 1. The SMILES string of the molecule is Cc1cnc(CNc2ncc(N)cc2Cl)cn1. The number of nitrogens with one attached hydrogen (secondary N) is 1. The Morgan fingerprint density at radius 1 is 1.24 bits per heavy atom. The fourth-order valence-corrected chi connectivity index (χ4v) is 1.51. The minimum atomic E-state index is 0.491. The number of halogens is 1. The second-order valence-corrected chi connectivity index (χ2v) is 4.01. The number of rotatable bonds is 3. The average Bonchev–Trinajstić information content (AvgIpc) is 2.30. The van der Waals surface area contributed by atoms with Gasteiger partial charge in [0.25, 0.3) is 0 Å². The Bertz CT molecular complexity index is 512. The minimum Gasteiger partial charge on any atom is -0.397 e. The zero-order valence-corrected chi connectivity index (χ0v) is 10.1. The molecule has 0 amide bonds. The second kappa shape index (κ2) is 4.97. The van der Waals surface area contributed by atoms with E-state index in [4.69, 9.17) is 17.3 Å². The molecule has 6 heteroatoms. The van der Waals surface area contributed by atoms with Gasteiger partial charge in [-0.15, -0.1) is 0 Å². The fraction of sp³-hybridized carbons (Fsp3) is 0.182. The van der Waals surface area contributed by atoms with Crippen molar-refractivity contribution in [3.63, 3.8) is 0 Å². The zero-order chi connectivity index (χ0) is 12.3. The quantitative estimate of drug-likeness (QED) is 0.870. The lowest BCUT2D eigenvalue weighted by molar-refractivity contribution is 0.977. The van der Waals surface area contributed by atoms with E-state index in [1.54, 1.807) is 24.7 Å². The van der Waals surface area contributed by atoms with Crippen LogP contribution in [0.4, 0.5) is 11.5 Å². The van der Waals surface area contributed by atoms with Crippen molar-refractivity contribution in [3.8, 4) is 0 Å². The first-order valence-corrected chi connectivity index (χ1v) is 5.45. The monoisotopic (exact) mass is 249 g/mol. The Balaban J connectivity index is 2.04. The molecule has 0 saturated heterocycles. The van der Waals surface area contributed by atoms with Crippen molar-refractivity contribution in [1.29, 1.82) is 0 Å². The molecule has 0 spiro atoms. The highest BCUT2D eigenvalue weighted by molar-refractivity contribution is 6.33. The molecule has 5 nitrogen and oxygen atoms in total. The van der Waals surface area contributed by atoms with E-state index in [0.29, 0.717) is 23.1 Å². The largest absolute Gasteiger partial charge is 0.397 e. The molecule has 2 heterocycles. The summed E-state index contributed by atoms with van der Waals surface area (Å²) in [6.07, 6.45) is 4.98. The van der Waals surface area contributed by atoms with Crippen LogP contribution in [-0.2, 0) is 6.54 Å². The van der Waals surface area contributed by atoms with Crippen LogP contribution in [0.1, 0.15) is 11.4 Å². The fourth-order valence-electron chi connectivity index (χ4n) is 1.27. The number of nitrogens with two attached hydrogens (primary N) is 1. The maximum atomic E-state index is 5.98. The van der Waals surface area contributed by atoms with Gasteiger partial charge in [0.15, 0.2) is 0 Å². The van der Waals surface area contributed by atoms with Gasteiger partial charge in [-0.05, 0) is 13.0 Å². The van der Waals surface area contributed by atoms with E-state index in [1.807, 2.05) is 6.92 Å². The van der Waals surface area contributed by atoms with Crippen molar-refractivity contribution in [2.24, 2.45) is 0 Å². The van der Waals surface area contributed by atoms with Crippen LogP contribution < -0.4 is 11.1 Å². The van der Waals surface area contributed by atoms with E-state index in [-0.39, 0.29) is 0 Å². The Morgan fingerprint density at radius 2 is 2.06 bits per heavy atom. The van der Waals surface area contributed by atoms with Crippen LogP contribution in [0.15, 0.2) is 24.7 Å². The predicted molar refractivity (Wildman–Crippen MR) is 67.8 cm³/mol. The first kappa shape index (κ1) is 11.6. The number of hydrogen-bond acceptors (Lipinski definition) is 5. The minimum absolute atomic E-state index is 0.491. The highest BCUT2D eigenvalue weighted by Gasteiger charge is 2.02. The summed E-state index contributed by atoms with van der Waals surface area (Å²) in [6, 6.07) is 1.65. The molecule has 2 rings (SSSR count). The highest BCUT2D eigenvalue weighted by Crippen LogP contribution is 2.21. The lowest BCUT2D eigenvalue weighted by atomic mass is 10.4. The van der Waals surface area contributed by atoms with Crippen molar-refractivity contribution in [2.75, 3.05) is 11.1 Å². The van der Waals surface area contributed by atoms with Gasteiger partial charge in [-0.1, -0.05) is 11.6 Å². The van der Waals surface area contributed by atoms with E-state index in [1.165, 1.54) is 0 Å². The van der Waals surface area contributed by atoms with Crippen LogP contribution in [0.3, 0.4) is 0 Å². The summed E-state index contributed by atoms with van der Waals surface area (Å²) >= 11 is 5.98. The van der Waals surface area contributed by atoms with Crippen LogP contribution >= 0.6 is 11.6 Å². The first-order chi connectivity index (χ1) is 8.15. The Morgan fingerprint density at radius 3 is 2.71 bits per heavy atom. The molecule has 0 fully saturated rings. The van der Waals surface area contributed by atoms with Crippen LogP contribution in [0, 0.1) is 6.92 Å². The third-order valence-electron chi connectivity index (χ3n) is 2.13. The van der Waals surface area contributed by atoms with Crippen molar-refractivity contribution in [2.45, 2.75) is 13.5 Å². The summed E-state index contributed by atoms with van der Waals surface area (Å²) in [5.74, 6) is 0.586. The van der Waals surface area contributed by atoms with Gasteiger partial charge in [0.2, 0.25) is 0 Å². The van der Waals surface area contributed by atoms with E-state index in [9.17, 15) is 0 Å². The molecule has 0 radical (unpaired) electrons. The summed E-state index contributed by atoms with van der Waals surface area (Å²) in [7, 11) is 0. The molecule has 0 saturated carbocycles. The van der Waals surface area contributed by atoms with Crippen LogP contribution in [0.2, 0.25) is 5.02 Å². The van der Waals surface area contributed by atoms with Gasteiger partial charge in [-0.2, -0.15) is 0 Å². The number of hydrogen-bond donors (Lipinski definition) is 2. The van der Waals surface area contributed by atoms with Gasteiger partial charge in [0.05, 0.1) is 41.0 Å². The predicted octanol–water partition coefficient (Wildman–Crippen LogP) is 2.03. The lowest BCUT2D eigenvalue weighted by Crippen LogP contribution is -2.04. The molecular formula is C11H12ClN5. The standard InChI is InChI=1S/C11H12ClN5/c1-7-3-15-9(5-14-7)6-17-11-10(12)2-8(13)4-16-11/h2-5H,6,13H2,1H3,(H,16,17). The van der Waals surface area contributed by atoms with Gasteiger partial charge in [-0.3, -0.25) is 9.97 Å². The molecular weight excluding hydrogens is 238 g/mol. The maximum absolute atomic E-state index is 5.98. The lowest BCUT2D eigenvalue weighted by Gasteiger charge is -2.07. The van der Waals surface area contributed by atoms with Crippen molar-refractivity contribution >= 4 is 23.1 Å². The molecule has 17 heavy (non-hydrogen) atoms. The summed E-state index contributed by atoms with van der Waals surface area (Å²) in [4.78, 5) is 12.5. The number of pyridine rings is 1. The summed E-state index contributed by atoms with van der Waals surface area (Å²) in [5.41, 5.74) is 7.80. The summed E-state index contributed by atoms with van der Waals surface area (Å²) in [6.45, 7) is 2.41. The zero-order valence-electron chi connectivity index (χ0n) is 9.31. The van der Waals surface area contributed by atoms with E-state index in [2.05, 4.69) is 20.3 Å². The van der Waals surface area contributed by atoms with Gasteiger partial charge in [0, 0.05) is 6.20 Å². The van der Waals surface area contributed by atoms with Gasteiger partial charge < -0.3 is 11.1 Å². The third kappa shape index (κ3) is 3.04. The summed E-state index contributed by atoms with van der Waals surface area (Å²) < 4.78 is 0. The van der Waals surface area contributed by atoms with Crippen molar-refractivity contribution < 1.29 is 0 Å². The molecule has 0 aliphatic carbocycles. The number of anilines is 2. The van der Waals surface area contributed by atoms with Gasteiger partial charge >= 0.3 is 0 Å². The molecule has 0 bridgehead atoms. The normalized spacial score (nSPS) is 10.2. The molecule has 0 unspecified atom stereocenters. The van der Waals surface area contributed by atoms with Gasteiger partial charge in [0.1, 0.15) is 5.82 Å².